The van der Waals surface area contributed by atoms with Gasteiger partial charge in [0.05, 0.1) is 0 Å². The summed E-state index contributed by atoms with van der Waals surface area (Å²) in [6, 6.07) is 0. The van der Waals surface area contributed by atoms with Gasteiger partial charge in [0.15, 0.2) is 0 Å². The summed E-state index contributed by atoms with van der Waals surface area (Å²) in [4.78, 5) is 0. The largest absolute Gasteiger partial charge is 0.329 e. The number of nitrogens with one attached hydrogen (secondary N) is 2. The van der Waals surface area contributed by atoms with Crippen molar-refractivity contribution >= 4 is 0 Å². The predicted molar refractivity (Wildman–Crippen MR) is 40.8 cm³/mol. The second kappa shape index (κ2) is 4.39. The molecule has 0 radical (unpaired) electrons. The molecule has 0 atom stereocenters. The molecule has 0 bridgehead atoms. The molecule has 0 aliphatic rings. The zero-order valence-electron chi connectivity index (χ0n) is 6.65. The first-order valence-electron chi connectivity index (χ1n) is 3.27. The molecule has 2 N–H and O–H groups in total. The van der Waals surface area contributed by atoms with Crippen LogP contribution in [-0.4, -0.2) is 7.05 Å². The summed E-state index contributed by atoms with van der Waals surface area (Å²) in [5, 5.41) is 0. The smallest absolute Gasteiger partial charge is 0.0117 e. The molecule has 0 aromatic rings. The van der Waals surface area contributed by atoms with Crippen LogP contribution in [0.15, 0.2) is 11.8 Å². The maximum atomic E-state index is 2.92. The maximum absolute atomic E-state index is 2.92. The van der Waals surface area contributed by atoms with E-state index in [0.29, 0.717) is 5.92 Å². The van der Waals surface area contributed by atoms with Crippen molar-refractivity contribution < 1.29 is 0 Å². The van der Waals surface area contributed by atoms with E-state index < -0.39 is 0 Å². The van der Waals surface area contributed by atoms with Gasteiger partial charge in [-0.05, 0) is 12.8 Å². The van der Waals surface area contributed by atoms with Gasteiger partial charge in [0.2, 0.25) is 0 Å². The van der Waals surface area contributed by atoms with Gasteiger partial charge in [0.1, 0.15) is 0 Å². The van der Waals surface area contributed by atoms with Crippen LogP contribution in [0.4, 0.5) is 0 Å². The molecule has 9 heavy (non-hydrogen) atoms. The number of hydrazine groups is 1. The maximum Gasteiger partial charge on any atom is 0.0117 e. The average molecular weight is 128 g/mol. The van der Waals surface area contributed by atoms with Crippen molar-refractivity contribution in [3.63, 3.8) is 0 Å². The lowest BCUT2D eigenvalue weighted by molar-refractivity contribution is 0.693. The van der Waals surface area contributed by atoms with Crippen LogP contribution >= 0.6 is 0 Å². The number of hydrogen-bond acceptors (Lipinski definition) is 2. The van der Waals surface area contributed by atoms with Gasteiger partial charge in [-0.15, -0.1) is 0 Å². The Balaban J connectivity index is 3.55. The van der Waals surface area contributed by atoms with Crippen molar-refractivity contribution in [2.24, 2.45) is 5.92 Å². The van der Waals surface area contributed by atoms with Crippen LogP contribution in [0.2, 0.25) is 0 Å². The highest BCUT2D eigenvalue weighted by molar-refractivity contribution is 4.98. The second-order valence-electron chi connectivity index (χ2n) is 2.44. The summed E-state index contributed by atoms with van der Waals surface area (Å²) in [5.74, 6) is 0.630. The molecule has 54 valence electrons. The first-order chi connectivity index (χ1) is 4.18. The molecule has 0 amide bonds. The van der Waals surface area contributed by atoms with Gasteiger partial charge in [-0.2, -0.15) is 0 Å². The molecule has 0 spiro atoms. The summed E-state index contributed by atoms with van der Waals surface area (Å²) in [6.45, 7) is 6.45. The normalized spacial score (nSPS) is 12.3. The third kappa shape index (κ3) is 4.03. The highest BCUT2D eigenvalue weighted by Crippen LogP contribution is 2.04. The molecule has 0 fully saturated rings. The zero-order valence-corrected chi connectivity index (χ0v) is 6.65. The minimum Gasteiger partial charge on any atom is -0.329 e. The number of allylic oxidation sites excluding steroid dienone is 1. The Morgan fingerprint density at radius 3 is 2.33 bits per heavy atom. The minimum atomic E-state index is 0.630. The minimum absolute atomic E-state index is 0.630. The van der Waals surface area contributed by atoms with Crippen LogP contribution in [0.1, 0.15) is 20.8 Å². The van der Waals surface area contributed by atoms with Crippen LogP contribution in [0.3, 0.4) is 0 Å². The molecular formula is C7H16N2. The van der Waals surface area contributed by atoms with E-state index in [1.165, 1.54) is 5.57 Å². The highest BCUT2D eigenvalue weighted by Gasteiger charge is 1.92. The quantitative estimate of drug-likeness (QED) is 0.559. The van der Waals surface area contributed by atoms with Gasteiger partial charge in [0.25, 0.3) is 0 Å². The fourth-order valence-corrected chi connectivity index (χ4v) is 0.353. The Hall–Kier alpha value is -0.500. The van der Waals surface area contributed by atoms with Crippen molar-refractivity contribution in [1.82, 2.24) is 10.9 Å². The highest BCUT2D eigenvalue weighted by atomic mass is 15.3. The lowest BCUT2D eigenvalue weighted by Crippen LogP contribution is -2.21. The molecule has 0 saturated carbocycles. The Labute approximate surface area is 57.3 Å². The SMILES string of the molecule is CNN/C=C(\C)C(C)C. The standard InChI is InChI=1S/C7H16N2/c1-6(2)7(3)5-9-8-4/h5-6,8-9H,1-4H3/b7-5+. The second-order valence-corrected chi connectivity index (χ2v) is 2.44. The Kier molecular flexibility index (Phi) is 4.14. The number of rotatable bonds is 3. The Morgan fingerprint density at radius 1 is 1.44 bits per heavy atom. The lowest BCUT2D eigenvalue weighted by atomic mass is 10.1. The van der Waals surface area contributed by atoms with Crippen LogP contribution in [0, 0.1) is 5.92 Å². The lowest BCUT2D eigenvalue weighted by Gasteiger charge is -2.04. The molecule has 2 nitrogen and oxygen atoms in total. The first kappa shape index (κ1) is 8.50. The fraction of sp³-hybridized carbons (Fsp3) is 0.714. The van der Waals surface area contributed by atoms with Crippen molar-refractivity contribution in [2.45, 2.75) is 20.8 Å². The molecule has 0 aromatic heterocycles. The third-order valence-electron chi connectivity index (χ3n) is 1.35. The monoisotopic (exact) mass is 128 g/mol. The van der Waals surface area contributed by atoms with Gasteiger partial charge in [-0.1, -0.05) is 19.4 Å². The van der Waals surface area contributed by atoms with Crippen LogP contribution in [0.5, 0.6) is 0 Å². The van der Waals surface area contributed by atoms with Crippen molar-refractivity contribution in [3.8, 4) is 0 Å². The van der Waals surface area contributed by atoms with E-state index in [-0.39, 0.29) is 0 Å². The molecule has 0 unspecified atom stereocenters. The van der Waals surface area contributed by atoms with Gasteiger partial charge < -0.3 is 5.43 Å². The molecule has 0 rings (SSSR count). The van der Waals surface area contributed by atoms with Gasteiger partial charge in [-0.25, -0.2) is 5.43 Å². The fourth-order valence-electron chi connectivity index (χ4n) is 0.353. The van der Waals surface area contributed by atoms with E-state index in [2.05, 4.69) is 31.6 Å². The predicted octanol–water partition coefficient (Wildman–Crippen LogP) is 1.27. The van der Waals surface area contributed by atoms with Gasteiger partial charge in [0, 0.05) is 13.2 Å². The molecular weight excluding hydrogens is 112 g/mol. The Morgan fingerprint density at radius 2 is 2.00 bits per heavy atom. The third-order valence-corrected chi connectivity index (χ3v) is 1.35. The van der Waals surface area contributed by atoms with E-state index in [1.54, 1.807) is 0 Å². The summed E-state index contributed by atoms with van der Waals surface area (Å²) in [5.41, 5.74) is 7.10. The van der Waals surface area contributed by atoms with Crippen LogP contribution in [0.25, 0.3) is 0 Å². The van der Waals surface area contributed by atoms with Crippen LogP contribution < -0.4 is 10.9 Å². The number of hydrogen-bond donors (Lipinski definition) is 2. The zero-order chi connectivity index (χ0) is 7.28. The van der Waals surface area contributed by atoms with Crippen molar-refractivity contribution in [1.29, 1.82) is 0 Å². The summed E-state index contributed by atoms with van der Waals surface area (Å²) in [7, 11) is 1.85. The van der Waals surface area contributed by atoms with E-state index in [9.17, 15) is 0 Å². The van der Waals surface area contributed by atoms with E-state index in [0.717, 1.165) is 0 Å². The van der Waals surface area contributed by atoms with E-state index in [1.807, 2.05) is 13.2 Å². The first-order valence-corrected chi connectivity index (χ1v) is 3.27. The summed E-state index contributed by atoms with van der Waals surface area (Å²) >= 11 is 0. The summed E-state index contributed by atoms with van der Waals surface area (Å²) in [6.07, 6.45) is 1.98. The molecule has 0 aliphatic carbocycles. The average Bonchev–Trinajstić information content (AvgIpc) is 1.82. The molecule has 2 heteroatoms. The summed E-state index contributed by atoms with van der Waals surface area (Å²) < 4.78 is 0. The molecule has 0 aromatic carbocycles. The van der Waals surface area contributed by atoms with Crippen molar-refractivity contribution in [3.05, 3.63) is 11.8 Å². The van der Waals surface area contributed by atoms with Gasteiger partial charge in [-0.3, -0.25) is 0 Å². The molecule has 0 saturated heterocycles. The van der Waals surface area contributed by atoms with Crippen LogP contribution in [-0.2, 0) is 0 Å². The van der Waals surface area contributed by atoms with Gasteiger partial charge >= 0.3 is 0 Å². The van der Waals surface area contributed by atoms with Crippen molar-refractivity contribution in [2.75, 3.05) is 7.05 Å². The topological polar surface area (TPSA) is 24.1 Å². The Bertz CT molecular complexity index is 95.1. The molecule has 0 heterocycles. The van der Waals surface area contributed by atoms with E-state index in [4.69, 9.17) is 0 Å². The van der Waals surface area contributed by atoms with E-state index >= 15 is 0 Å². The molecule has 0 aliphatic heterocycles.